The van der Waals surface area contributed by atoms with Gasteiger partial charge in [0.2, 0.25) is 0 Å². The molecule has 2 aromatic heterocycles. The molecular weight excluding hydrogens is 323 g/mol. The highest BCUT2D eigenvalue weighted by Gasteiger charge is 2.18. The minimum atomic E-state index is -0.352. The fraction of sp³-hybridized carbons (Fsp3) is 0.294. The number of hydrogen-bond acceptors (Lipinski definition) is 5. The lowest BCUT2D eigenvalue weighted by Gasteiger charge is -2.11. The van der Waals surface area contributed by atoms with E-state index in [-0.39, 0.29) is 17.8 Å². The summed E-state index contributed by atoms with van der Waals surface area (Å²) in [6, 6.07) is 4.61. The Hall–Kier alpha value is -2.87. The van der Waals surface area contributed by atoms with E-state index in [0.717, 1.165) is 30.6 Å². The van der Waals surface area contributed by atoms with Crippen molar-refractivity contribution in [2.45, 2.75) is 19.4 Å². The summed E-state index contributed by atoms with van der Waals surface area (Å²) in [7, 11) is 0. The summed E-state index contributed by atoms with van der Waals surface area (Å²) in [5, 5.41) is 11.3. The van der Waals surface area contributed by atoms with Gasteiger partial charge < -0.3 is 10.6 Å². The summed E-state index contributed by atoms with van der Waals surface area (Å²) < 4.78 is 15.0. The molecule has 8 heteroatoms. The number of hydrogen-bond donors (Lipinski definition) is 2. The van der Waals surface area contributed by atoms with Gasteiger partial charge in [0.25, 0.3) is 11.9 Å². The van der Waals surface area contributed by atoms with Crippen molar-refractivity contribution in [3.63, 3.8) is 0 Å². The van der Waals surface area contributed by atoms with Gasteiger partial charge >= 0.3 is 0 Å². The van der Waals surface area contributed by atoms with Gasteiger partial charge in [-0.05, 0) is 32.0 Å². The van der Waals surface area contributed by atoms with Crippen molar-refractivity contribution in [2.24, 2.45) is 0 Å². The molecule has 1 fully saturated rings. The van der Waals surface area contributed by atoms with Gasteiger partial charge in [-0.3, -0.25) is 4.79 Å². The average Bonchev–Trinajstić information content (AvgIpc) is 3.23. The van der Waals surface area contributed by atoms with E-state index in [2.05, 4.69) is 25.7 Å². The number of amides is 1. The van der Waals surface area contributed by atoms with E-state index in [4.69, 9.17) is 0 Å². The van der Waals surface area contributed by atoms with Crippen molar-refractivity contribution in [1.29, 1.82) is 0 Å². The van der Waals surface area contributed by atoms with Crippen molar-refractivity contribution in [3.05, 3.63) is 47.7 Å². The van der Waals surface area contributed by atoms with E-state index in [1.165, 1.54) is 29.2 Å². The maximum atomic E-state index is 13.6. The number of fused-ring (bicyclic) bond motifs is 1. The predicted octanol–water partition coefficient (Wildman–Crippen LogP) is 1.35. The minimum Gasteiger partial charge on any atom is -0.348 e. The Balaban J connectivity index is 1.62. The Morgan fingerprint density at radius 3 is 2.88 bits per heavy atom. The number of nitrogens with one attached hydrogen (secondary N) is 2. The second-order valence-electron chi connectivity index (χ2n) is 6.09. The molecular formula is C17H17FN6O. The standard InChI is InChI=1S/C17H17FN6O/c1-10-14-3-2-12(18)6-15(14)24(23-10)17-20-7-11(8-21-17)16(25)22-13-4-5-19-9-13/h2-3,6-8,13,19H,4-5,9H2,1H3,(H,22,25)/t13-/m0/s1. The molecule has 25 heavy (non-hydrogen) atoms. The molecule has 0 radical (unpaired) electrons. The van der Waals surface area contributed by atoms with Gasteiger partial charge in [-0.25, -0.2) is 14.4 Å². The molecule has 1 aliphatic heterocycles. The van der Waals surface area contributed by atoms with E-state index < -0.39 is 0 Å². The zero-order valence-electron chi connectivity index (χ0n) is 13.7. The van der Waals surface area contributed by atoms with Crippen LogP contribution in [0.2, 0.25) is 0 Å². The van der Waals surface area contributed by atoms with Crippen LogP contribution in [-0.4, -0.2) is 44.8 Å². The summed E-state index contributed by atoms with van der Waals surface area (Å²) in [6.45, 7) is 3.52. The molecule has 4 rings (SSSR count). The average molecular weight is 340 g/mol. The quantitative estimate of drug-likeness (QED) is 0.752. The summed E-state index contributed by atoms with van der Waals surface area (Å²) in [4.78, 5) is 20.7. The number of nitrogens with zero attached hydrogens (tertiary/aromatic N) is 4. The lowest BCUT2D eigenvalue weighted by Crippen LogP contribution is -2.36. The first kappa shape index (κ1) is 15.6. The lowest BCUT2D eigenvalue weighted by molar-refractivity contribution is 0.0939. The topological polar surface area (TPSA) is 84.7 Å². The summed E-state index contributed by atoms with van der Waals surface area (Å²) >= 11 is 0. The molecule has 1 amide bonds. The Morgan fingerprint density at radius 1 is 1.36 bits per heavy atom. The highest BCUT2D eigenvalue weighted by molar-refractivity contribution is 5.93. The summed E-state index contributed by atoms with van der Waals surface area (Å²) in [6.07, 6.45) is 3.83. The normalized spacial score (nSPS) is 17.1. The molecule has 3 aromatic rings. The van der Waals surface area contributed by atoms with Crippen LogP contribution >= 0.6 is 0 Å². The van der Waals surface area contributed by atoms with Crippen LogP contribution in [0.1, 0.15) is 22.5 Å². The Bertz CT molecular complexity index is 930. The smallest absolute Gasteiger partial charge is 0.254 e. The highest BCUT2D eigenvalue weighted by Crippen LogP contribution is 2.21. The number of rotatable bonds is 3. The molecule has 0 aliphatic carbocycles. The Kier molecular flexibility index (Phi) is 3.89. The predicted molar refractivity (Wildman–Crippen MR) is 90.1 cm³/mol. The van der Waals surface area contributed by atoms with E-state index in [1.807, 2.05) is 6.92 Å². The molecule has 7 nitrogen and oxygen atoms in total. The number of halogens is 1. The van der Waals surface area contributed by atoms with Gasteiger partial charge in [-0.15, -0.1) is 0 Å². The Morgan fingerprint density at radius 2 is 2.16 bits per heavy atom. The first-order chi connectivity index (χ1) is 12.1. The second-order valence-corrected chi connectivity index (χ2v) is 6.09. The van der Waals surface area contributed by atoms with Crippen molar-refractivity contribution in [2.75, 3.05) is 13.1 Å². The molecule has 2 N–H and O–H groups in total. The number of carbonyl (C=O) groups excluding carboxylic acids is 1. The summed E-state index contributed by atoms with van der Waals surface area (Å²) in [5.74, 6) is -0.259. The van der Waals surface area contributed by atoms with Crippen LogP contribution in [-0.2, 0) is 0 Å². The lowest BCUT2D eigenvalue weighted by atomic mass is 10.2. The second kappa shape index (κ2) is 6.21. The van der Waals surface area contributed by atoms with Gasteiger partial charge in [0.1, 0.15) is 5.82 Å². The third-order valence-corrected chi connectivity index (χ3v) is 4.31. The molecule has 0 spiro atoms. The largest absolute Gasteiger partial charge is 0.348 e. The molecule has 0 unspecified atom stereocenters. The first-order valence-electron chi connectivity index (χ1n) is 8.11. The fourth-order valence-corrected chi connectivity index (χ4v) is 2.99. The number of aromatic nitrogens is 4. The molecule has 128 valence electrons. The zero-order chi connectivity index (χ0) is 17.4. The zero-order valence-corrected chi connectivity index (χ0v) is 13.7. The minimum absolute atomic E-state index is 0.132. The first-order valence-corrected chi connectivity index (χ1v) is 8.11. The monoisotopic (exact) mass is 340 g/mol. The van der Waals surface area contributed by atoms with Crippen LogP contribution in [0.3, 0.4) is 0 Å². The number of benzene rings is 1. The van der Waals surface area contributed by atoms with Crippen molar-refractivity contribution >= 4 is 16.8 Å². The maximum Gasteiger partial charge on any atom is 0.254 e. The molecule has 1 atom stereocenters. The fourth-order valence-electron chi connectivity index (χ4n) is 2.99. The highest BCUT2D eigenvalue weighted by atomic mass is 19.1. The third kappa shape index (κ3) is 2.96. The van der Waals surface area contributed by atoms with Crippen molar-refractivity contribution in [3.8, 4) is 5.95 Å². The number of aryl methyl sites for hydroxylation is 1. The van der Waals surface area contributed by atoms with Crippen molar-refractivity contribution < 1.29 is 9.18 Å². The van der Waals surface area contributed by atoms with Gasteiger partial charge in [0.15, 0.2) is 0 Å². The van der Waals surface area contributed by atoms with Gasteiger partial charge in [0.05, 0.1) is 16.8 Å². The van der Waals surface area contributed by atoms with Crippen LogP contribution in [0.25, 0.3) is 16.9 Å². The van der Waals surface area contributed by atoms with E-state index in [0.29, 0.717) is 17.0 Å². The van der Waals surface area contributed by atoms with E-state index >= 15 is 0 Å². The van der Waals surface area contributed by atoms with Crippen LogP contribution in [0.4, 0.5) is 4.39 Å². The van der Waals surface area contributed by atoms with Crippen LogP contribution in [0, 0.1) is 12.7 Å². The van der Waals surface area contributed by atoms with Gasteiger partial charge in [-0.2, -0.15) is 9.78 Å². The molecule has 0 bridgehead atoms. The van der Waals surface area contributed by atoms with Crippen LogP contribution < -0.4 is 10.6 Å². The Labute approximate surface area is 143 Å². The maximum absolute atomic E-state index is 13.6. The third-order valence-electron chi connectivity index (χ3n) is 4.31. The molecule has 3 heterocycles. The van der Waals surface area contributed by atoms with Gasteiger partial charge in [-0.1, -0.05) is 0 Å². The summed E-state index contributed by atoms with van der Waals surface area (Å²) in [5.41, 5.74) is 1.73. The van der Waals surface area contributed by atoms with E-state index in [1.54, 1.807) is 6.07 Å². The van der Waals surface area contributed by atoms with Crippen molar-refractivity contribution in [1.82, 2.24) is 30.4 Å². The molecule has 0 saturated carbocycles. The number of carbonyl (C=O) groups is 1. The molecule has 1 aromatic carbocycles. The molecule has 1 aliphatic rings. The van der Waals surface area contributed by atoms with Gasteiger partial charge in [0, 0.05) is 36.4 Å². The van der Waals surface area contributed by atoms with Crippen LogP contribution in [0.15, 0.2) is 30.6 Å². The molecule has 1 saturated heterocycles. The SMILES string of the molecule is Cc1nn(-c2ncc(C(=O)N[C@H]3CCNC3)cn2)c2cc(F)ccc12. The van der Waals surface area contributed by atoms with E-state index in [9.17, 15) is 9.18 Å². The van der Waals surface area contributed by atoms with Crippen LogP contribution in [0.5, 0.6) is 0 Å².